The van der Waals surface area contributed by atoms with Crippen LogP contribution < -0.4 is 15.8 Å². The molecule has 4 nitrogen and oxygen atoms in total. The van der Waals surface area contributed by atoms with Gasteiger partial charge >= 0.3 is 0 Å². The quantitative estimate of drug-likeness (QED) is 0.798. The van der Waals surface area contributed by atoms with Crippen LogP contribution in [0.5, 0.6) is 5.75 Å². The lowest BCUT2D eigenvalue weighted by Crippen LogP contribution is -2.43. The number of hydrogen-bond donors (Lipinski definition) is 2. The van der Waals surface area contributed by atoms with Crippen molar-refractivity contribution in [2.45, 2.75) is 19.4 Å². The van der Waals surface area contributed by atoms with Crippen LogP contribution in [-0.2, 0) is 0 Å². The van der Waals surface area contributed by atoms with E-state index in [0.717, 1.165) is 6.07 Å². The van der Waals surface area contributed by atoms with Crippen molar-refractivity contribution in [1.29, 1.82) is 0 Å². The van der Waals surface area contributed by atoms with Gasteiger partial charge in [0, 0.05) is 5.56 Å². The van der Waals surface area contributed by atoms with Crippen molar-refractivity contribution in [3.63, 3.8) is 0 Å². The summed E-state index contributed by atoms with van der Waals surface area (Å²) in [5.41, 5.74) is 5.67. The highest BCUT2D eigenvalue weighted by molar-refractivity contribution is 7.80. The summed E-state index contributed by atoms with van der Waals surface area (Å²) in [6.07, 6.45) is 0.583. The van der Waals surface area contributed by atoms with Gasteiger partial charge in [0.05, 0.1) is 18.1 Å². The minimum Gasteiger partial charge on any atom is -0.494 e. The van der Waals surface area contributed by atoms with Gasteiger partial charge in [0.25, 0.3) is 5.91 Å². The minimum atomic E-state index is -0.589. The second kappa shape index (κ2) is 6.30. The molecule has 6 heteroatoms. The first-order valence-corrected chi connectivity index (χ1v) is 5.84. The van der Waals surface area contributed by atoms with Crippen molar-refractivity contribution >= 4 is 23.1 Å². The molecule has 0 saturated heterocycles. The molecule has 1 atom stereocenters. The fourth-order valence-electron chi connectivity index (χ4n) is 1.42. The maximum atomic E-state index is 13.4. The molecular weight excluding hydrogens is 255 g/mol. The molecule has 1 amide bonds. The summed E-state index contributed by atoms with van der Waals surface area (Å²) in [7, 11) is 1.36. The lowest BCUT2D eigenvalue weighted by Gasteiger charge is -2.15. The standard InChI is InChI=1S/C12H15FN2O2S/c1-3-9(11(14)18)15-12(16)7-4-5-10(17-2)8(13)6-7/h4-6,9H,3H2,1-2H3,(H2,14,18)(H,15,16). The number of nitrogens with one attached hydrogen (secondary N) is 1. The van der Waals surface area contributed by atoms with Crippen LogP contribution in [0, 0.1) is 5.82 Å². The highest BCUT2D eigenvalue weighted by Crippen LogP contribution is 2.17. The van der Waals surface area contributed by atoms with Gasteiger partial charge in [-0.15, -0.1) is 0 Å². The molecular formula is C12H15FN2O2S. The predicted molar refractivity (Wildman–Crippen MR) is 71.3 cm³/mol. The van der Waals surface area contributed by atoms with Gasteiger partial charge in [0.1, 0.15) is 0 Å². The molecule has 0 spiro atoms. The maximum absolute atomic E-state index is 13.4. The van der Waals surface area contributed by atoms with Crippen molar-refractivity contribution in [3.05, 3.63) is 29.6 Å². The van der Waals surface area contributed by atoms with Crippen LogP contribution in [0.3, 0.4) is 0 Å². The van der Waals surface area contributed by atoms with Crippen molar-refractivity contribution in [2.75, 3.05) is 7.11 Å². The van der Waals surface area contributed by atoms with Crippen LogP contribution >= 0.6 is 12.2 Å². The Morgan fingerprint density at radius 1 is 1.61 bits per heavy atom. The Bertz CT molecular complexity index is 465. The average Bonchev–Trinajstić information content (AvgIpc) is 2.35. The molecule has 0 aliphatic heterocycles. The number of carbonyl (C=O) groups is 1. The number of amides is 1. The van der Waals surface area contributed by atoms with Crippen LogP contribution in [0.15, 0.2) is 18.2 Å². The largest absolute Gasteiger partial charge is 0.494 e. The number of halogens is 1. The van der Waals surface area contributed by atoms with Gasteiger partial charge in [-0.1, -0.05) is 19.1 Å². The number of methoxy groups -OCH3 is 1. The summed E-state index contributed by atoms with van der Waals surface area (Å²) in [5, 5.41) is 2.63. The number of thiocarbonyl (C=S) groups is 1. The molecule has 0 heterocycles. The van der Waals surface area contributed by atoms with Gasteiger partial charge in [0.15, 0.2) is 11.6 Å². The third-order valence-corrected chi connectivity index (χ3v) is 2.76. The molecule has 0 bridgehead atoms. The average molecular weight is 270 g/mol. The summed E-state index contributed by atoms with van der Waals surface area (Å²) in [4.78, 5) is 12.0. The van der Waals surface area contributed by atoms with Gasteiger partial charge < -0.3 is 15.8 Å². The lowest BCUT2D eigenvalue weighted by molar-refractivity contribution is 0.0946. The van der Waals surface area contributed by atoms with Crippen LogP contribution in [0.2, 0.25) is 0 Å². The van der Waals surface area contributed by atoms with E-state index in [1.54, 1.807) is 0 Å². The molecule has 0 radical (unpaired) electrons. The lowest BCUT2D eigenvalue weighted by atomic mass is 10.1. The third-order valence-electron chi connectivity index (χ3n) is 2.47. The first-order chi connectivity index (χ1) is 8.49. The van der Waals surface area contributed by atoms with Gasteiger partial charge in [-0.05, 0) is 24.6 Å². The summed E-state index contributed by atoms with van der Waals surface area (Å²) in [5.74, 6) is -0.919. The fraction of sp³-hybridized carbons (Fsp3) is 0.333. The summed E-state index contributed by atoms with van der Waals surface area (Å²) < 4.78 is 18.2. The number of ether oxygens (including phenoxy) is 1. The molecule has 0 aliphatic rings. The molecule has 0 fully saturated rings. The summed E-state index contributed by atoms with van der Waals surface area (Å²) in [6, 6.07) is 3.59. The maximum Gasteiger partial charge on any atom is 0.251 e. The first-order valence-electron chi connectivity index (χ1n) is 5.43. The molecule has 3 N–H and O–H groups in total. The SMILES string of the molecule is CCC(NC(=O)c1ccc(OC)c(F)c1)C(N)=S. The Balaban J connectivity index is 2.84. The van der Waals surface area contributed by atoms with Crippen LogP contribution in [0.4, 0.5) is 4.39 Å². The second-order valence-corrected chi connectivity index (χ2v) is 4.16. The zero-order valence-electron chi connectivity index (χ0n) is 10.2. The zero-order valence-corrected chi connectivity index (χ0v) is 11.0. The third kappa shape index (κ3) is 3.40. The molecule has 18 heavy (non-hydrogen) atoms. The molecule has 1 aromatic carbocycles. The normalized spacial score (nSPS) is 11.7. The summed E-state index contributed by atoms with van der Waals surface area (Å²) >= 11 is 4.82. The Kier molecular flexibility index (Phi) is 5.03. The van der Waals surface area contributed by atoms with Gasteiger partial charge in [-0.3, -0.25) is 4.79 Å². The van der Waals surface area contributed by atoms with Crippen molar-refractivity contribution in [1.82, 2.24) is 5.32 Å². The number of nitrogens with two attached hydrogens (primary N) is 1. The van der Waals surface area contributed by atoms with Gasteiger partial charge in [-0.2, -0.15) is 0 Å². The number of hydrogen-bond acceptors (Lipinski definition) is 3. The van der Waals surface area contributed by atoms with E-state index < -0.39 is 17.8 Å². The van der Waals surface area contributed by atoms with Crippen LogP contribution in [0.1, 0.15) is 23.7 Å². The number of benzene rings is 1. The predicted octanol–water partition coefficient (Wildman–Crippen LogP) is 1.63. The van der Waals surface area contributed by atoms with Crippen molar-refractivity contribution in [3.8, 4) is 5.75 Å². The molecule has 98 valence electrons. The highest BCUT2D eigenvalue weighted by Gasteiger charge is 2.15. The van der Waals surface area contributed by atoms with Gasteiger partial charge in [0.2, 0.25) is 0 Å². The molecule has 0 aromatic heterocycles. The number of carbonyl (C=O) groups excluding carboxylic acids is 1. The van der Waals surface area contributed by atoms with Gasteiger partial charge in [-0.25, -0.2) is 4.39 Å². The molecule has 1 rings (SSSR count). The zero-order chi connectivity index (χ0) is 13.7. The van der Waals surface area contributed by atoms with E-state index >= 15 is 0 Å². The first kappa shape index (κ1) is 14.4. The minimum absolute atomic E-state index is 0.0907. The smallest absolute Gasteiger partial charge is 0.251 e. The molecule has 1 aromatic rings. The van der Waals surface area contributed by atoms with Crippen molar-refractivity contribution < 1.29 is 13.9 Å². The van der Waals surface area contributed by atoms with Crippen LogP contribution in [-0.4, -0.2) is 24.0 Å². The Labute approximate surface area is 110 Å². The topological polar surface area (TPSA) is 64.3 Å². The Hall–Kier alpha value is -1.69. The molecule has 0 aliphatic carbocycles. The Morgan fingerprint density at radius 2 is 2.28 bits per heavy atom. The van der Waals surface area contributed by atoms with E-state index in [1.807, 2.05) is 6.92 Å². The molecule has 1 unspecified atom stereocenters. The Morgan fingerprint density at radius 3 is 2.72 bits per heavy atom. The van der Waals surface area contributed by atoms with Crippen LogP contribution in [0.25, 0.3) is 0 Å². The van der Waals surface area contributed by atoms with E-state index in [9.17, 15) is 9.18 Å². The van der Waals surface area contributed by atoms with E-state index in [1.165, 1.54) is 19.2 Å². The van der Waals surface area contributed by atoms with E-state index in [4.69, 9.17) is 22.7 Å². The highest BCUT2D eigenvalue weighted by atomic mass is 32.1. The number of rotatable bonds is 5. The molecule has 0 saturated carbocycles. The summed E-state index contributed by atoms with van der Waals surface area (Å²) in [6.45, 7) is 1.85. The van der Waals surface area contributed by atoms with E-state index in [2.05, 4.69) is 5.32 Å². The van der Waals surface area contributed by atoms with E-state index in [-0.39, 0.29) is 16.3 Å². The second-order valence-electron chi connectivity index (χ2n) is 3.69. The monoisotopic (exact) mass is 270 g/mol. The van der Waals surface area contributed by atoms with Crippen molar-refractivity contribution in [2.24, 2.45) is 5.73 Å². The fourth-order valence-corrected chi connectivity index (χ4v) is 1.65. The van der Waals surface area contributed by atoms with E-state index in [0.29, 0.717) is 6.42 Å².